The van der Waals surface area contributed by atoms with Crippen LogP contribution in [-0.4, -0.2) is 4.98 Å². The third-order valence-electron chi connectivity index (χ3n) is 1.85. The molecule has 13 heavy (non-hydrogen) atoms. The lowest BCUT2D eigenvalue weighted by molar-refractivity contribution is 0.751. The second kappa shape index (κ2) is 5.15. The SMILES string of the molecule is N#CCCCCc1ccc(N)nc1. The first-order valence-electron chi connectivity index (χ1n) is 4.40. The molecule has 0 fully saturated rings. The summed E-state index contributed by atoms with van der Waals surface area (Å²) in [5.41, 5.74) is 6.64. The summed E-state index contributed by atoms with van der Waals surface area (Å²) in [6.07, 6.45) is 5.42. The zero-order valence-corrected chi connectivity index (χ0v) is 7.53. The lowest BCUT2D eigenvalue weighted by atomic mass is 10.1. The maximum Gasteiger partial charge on any atom is 0.123 e. The number of hydrogen-bond acceptors (Lipinski definition) is 3. The molecule has 0 saturated carbocycles. The lowest BCUT2D eigenvalue weighted by Crippen LogP contribution is -1.91. The highest BCUT2D eigenvalue weighted by Crippen LogP contribution is 2.06. The molecule has 0 atom stereocenters. The molecule has 2 N–H and O–H groups in total. The molecule has 0 saturated heterocycles. The topological polar surface area (TPSA) is 62.7 Å². The average molecular weight is 175 g/mol. The number of aryl methyl sites for hydroxylation is 1. The molecule has 1 heterocycles. The Hall–Kier alpha value is -1.56. The summed E-state index contributed by atoms with van der Waals surface area (Å²) in [4.78, 5) is 3.99. The predicted octanol–water partition coefficient (Wildman–Crippen LogP) is 1.90. The van der Waals surface area contributed by atoms with Gasteiger partial charge in [0.05, 0.1) is 6.07 Å². The summed E-state index contributed by atoms with van der Waals surface area (Å²) < 4.78 is 0. The van der Waals surface area contributed by atoms with E-state index in [-0.39, 0.29) is 0 Å². The van der Waals surface area contributed by atoms with Gasteiger partial charge in [0.15, 0.2) is 0 Å². The van der Waals surface area contributed by atoms with Crippen LogP contribution in [-0.2, 0) is 6.42 Å². The van der Waals surface area contributed by atoms with Crippen molar-refractivity contribution in [3.05, 3.63) is 23.9 Å². The Morgan fingerprint density at radius 1 is 1.38 bits per heavy atom. The minimum Gasteiger partial charge on any atom is -0.384 e. The molecule has 0 aliphatic rings. The zero-order valence-electron chi connectivity index (χ0n) is 7.53. The second-order valence-corrected chi connectivity index (χ2v) is 2.96. The van der Waals surface area contributed by atoms with E-state index in [1.54, 1.807) is 12.3 Å². The van der Waals surface area contributed by atoms with Gasteiger partial charge in [0.1, 0.15) is 5.82 Å². The third kappa shape index (κ3) is 3.57. The first kappa shape index (κ1) is 9.53. The summed E-state index contributed by atoms with van der Waals surface area (Å²) >= 11 is 0. The number of anilines is 1. The molecule has 0 spiro atoms. The lowest BCUT2D eigenvalue weighted by Gasteiger charge is -1.99. The molecule has 1 aromatic heterocycles. The quantitative estimate of drug-likeness (QED) is 0.711. The van der Waals surface area contributed by atoms with Crippen LogP contribution in [0, 0.1) is 11.3 Å². The maximum absolute atomic E-state index is 8.32. The van der Waals surface area contributed by atoms with E-state index in [2.05, 4.69) is 11.1 Å². The minimum absolute atomic E-state index is 0.556. The van der Waals surface area contributed by atoms with E-state index in [1.165, 1.54) is 5.56 Å². The van der Waals surface area contributed by atoms with Crippen molar-refractivity contribution in [2.24, 2.45) is 0 Å². The Bertz CT molecular complexity index is 284. The first-order valence-corrected chi connectivity index (χ1v) is 4.40. The molecule has 1 aromatic rings. The van der Waals surface area contributed by atoms with E-state index in [0.29, 0.717) is 12.2 Å². The molecule has 0 aromatic carbocycles. The second-order valence-electron chi connectivity index (χ2n) is 2.96. The van der Waals surface area contributed by atoms with Crippen LogP contribution in [0.3, 0.4) is 0 Å². The molecule has 0 aliphatic heterocycles. The molecule has 0 bridgehead atoms. The molecule has 1 rings (SSSR count). The zero-order chi connectivity index (χ0) is 9.52. The molecule has 68 valence electrons. The Labute approximate surface area is 78.2 Å². The van der Waals surface area contributed by atoms with Crippen LogP contribution >= 0.6 is 0 Å². The van der Waals surface area contributed by atoms with E-state index in [0.717, 1.165) is 19.3 Å². The molecule has 0 amide bonds. The van der Waals surface area contributed by atoms with Crippen LogP contribution in [0.25, 0.3) is 0 Å². The maximum atomic E-state index is 8.32. The van der Waals surface area contributed by atoms with Crippen molar-refractivity contribution in [2.75, 3.05) is 5.73 Å². The number of nitrogens with two attached hydrogens (primary N) is 1. The minimum atomic E-state index is 0.556. The van der Waals surface area contributed by atoms with Crippen molar-refractivity contribution in [3.63, 3.8) is 0 Å². The Morgan fingerprint density at radius 2 is 2.23 bits per heavy atom. The van der Waals surface area contributed by atoms with Gasteiger partial charge >= 0.3 is 0 Å². The number of unbranched alkanes of at least 4 members (excludes halogenated alkanes) is 2. The van der Waals surface area contributed by atoms with Crippen LogP contribution in [0.15, 0.2) is 18.3 Å². The van der Waals surface area contributed by atoms with Crippen molar-refractivity contribution in [1.29, 1.82) is 5.26 Å². The smallest absolute Gasteiger partial charge is 0.123 e. The van der Waals surface area contributed by atoms with E-state index < -0.39 is 0 Å². The van der Waals surface area contributed by atoms with Crippen LogP contribution < -0.4 is 5.73 Å². The van der Waals surface area contributed by atoms with E-state index in [1.807, 2.05) is 6.07 Å². The van der Waals surface area contributed by atoms with Crippen molar-refractivity contribution in [3.8, 4) is 6.07 Å². The highest BCUT2D eigenvalue weighted by molar-refractivity contribution is 5.29. The van der Waals surface area contributed by atoms with Crippen LogP contribution in [0.4, 0.5) is 5.82 Å². The largest absolute Gasteiger partial charge is 0.384 e. The normalized spacial score (nSPS) is 9.46. The fraction of sp³-hybridized carbons (Fsp3) is 0.400. The summed E-state index contributed by atoms with van der Waals surface area (Å²) in [6, 6.07) is 5.91. The van der Waals surface area contributed by atoms with Crippen molar-refractivity contribution in [1.82, 2.24) is 4.98 Å². The number of aromatic nitrogens is 1. The number of nitriles is 1. The van der Waals surface area contributed by atoms with Gasteiger partial charge in [0.25, 0.3) is 0 Å². The summed E-state index contributed by atoms with van der Waals surface area (Å²) in [5, 5.41) is 8.32. The van der Waals surface area contributed by atoms with E-state index in [4.69, 9.17) is 11.0 Å². The van der Waals surface area contributed by atoms with Gasteiger partial charge in [-0.2, -0.15) is 5.26 Å². The number of rotatable bonds is 4. The Balaban J connectivity index is 2.30. The van der Waals surface area contributed by atoms with Gasteiger partial charge in [0, 0.05) is 12.6 Å². The molecule has 0 unspecified atom stereocenters. The van der Waals surface area contributed by atoms with Crippen molar-refractivity contribution in [2.45, 2.75) is 25.7 Å². The standard InChI is InChI=1S/C10H13N3/c11-7-3-1-2-4-9-5-6-10(12)13-8-9/h5-6,8H,1-4H2,(H2,12,13). The molecule has 0 radical (unpaired) electrons. The van der Waals surface area contributed by atoms with Gasteiger partial charge in [-0.3, -0.25) is 0 Å². The summed E-state index contributed by atoms with van der Waals surface area (Å²) in [7, 11) is 0. The molecule has 3 nitrogen and oxygen atoms in total. The van der Waals surface area contributed by atoms with Crippen molar-refractivity contribution < 1.29 is 0 Å². The first-order chi connectivity index (χ1) is 6.33. The predicted molar refractivity (Wildman–Crippen MR) is 51.8 cm³/mol. The van der Waals surface area contributed by atoms with Crippen LogP contribution in [0.5, 0.6) is 0 Å². The van der Waals surface area contributed by atoms with E-state index in [9.17, 15) is 0 Å². The van der Waals surface area contributed by atoms with Gasteiger partial charge in [-0.1, -0.05) is 6.07 Å². The Kier molecular flexibility index (Phi) is 3.77. The number of nitrogens with zero attached hydrogens (tertiary/aromatic N) is 2. The monoisotopic (exact) mass is 175 g/mol. The van der Waals surface area contributed by atoms with Gasteiger partial charge in [-0.15, -0.1) is 0 Å². The average Bonchev–Trinajstić information content (AvgIpc) is 2.15. The fourth-order valence-electron chi connectivity index (χ4n) is 1.12. The van der Waals surface area contributed by atoms with Gasteiger partial charge in [-0.05, 0) is 30.9 Å². The highest BCUT2D eigenvalue weighted by atomic mass is 14.8. The van der Waals surface area contributed by atoms with Crippen LogP contribution in [0.2, 0.25) is 0 Å². The van der Waals surface area contributed by atoms with Crippen molar-refractivity contribution >= 4 is 5.82 Å². The summed E-state index contributed by atoms with van der Waals surface area (Å²) in [5.74, 6) is 0.556. The fourth-order valence-corrected chi connectivity index (χ4v) is 1.12. The van der Waals surface area contributed by atoms with Gasteiger partial charge < -0.3 is 5.73 Å². The Morgan fingerprint density at radius 3 is 2.85 bits per heavy atom. The van der Waals surface area contributed by atoms with Gasteiger partial charge in [0.2, 0.25) is 0 Å². The number of nitrogen functional groups attached to an aromatic ring is 1. The molecular formula is C10H13N3. The number of hydrogen-bond donors (Lipinski definition) is 1. The van der Waals surface area contributed by atoms with E-state index >= 15 is 0 Å². The highest BCUT2D eigenvalue weighted by Gasteiger charge is 1.93. The third-order valence-corrected chi connectivity index (χ3v) is 1.85. The molecular weight excluding hydrogens is 162 g/mol. The van der Waals surface area contributed by atoms with Gasteiger partial charge in [-0.25, -0.2) is 4.98 Å². The summed E-state index contributed by atoms with van der Waals surface area (Å²) in [6.45, 7) is 0. The molecule has 0 aliphatic carbocycles. The van der Waals surface area contributed by atoms with Crippen LogP contribution in [0.1, 0.15) is 24.8 Å². The molecule has 3 heteroatoms. The number of pyridine rings is 1.